The molecule has 0 aliphatic carbocycles. The molecule has 28 heavy (non-hydrogen) atoms. The van der Waals surface area contributed by atoms with Gasteiger partial charge >= 0.3 is 0 Å². The van der Waals surface area contributed by atoms with E-state index in [-0.39, 0.29) is 32.8 Å². The normalized spacial score (nSPS) is 10.9. The monoisotopic (exact) mass is 422 g/mol. The lowest BCUT2D eigenvalue weighted by Gasteiger charge is -2.11. The zero-order chi connectivity index (χ0) is 20.3. The lowest BCUT2D eigenvalue weighted by atomic mass is 10.2. The van der Waals surface area contributed by atoms with Crippen LogP contribution in [0.1, 0.15) is 5.56 Å². The number of pyridine rings is 2. The molecule has 1 aromatic carbocycles. The van der Waals surface area contributed by atoms with Gasteiger partial charge in [-0.2, -0.15) is 9.65 Å². The summed E-state index contributed by atoms with van der Waals surface area (Å²) in [4.78, 5) is 6.77. The van der Waals surface area contributed by atoms with E-state index in [2.05, 4.69) is 14.7 Å². The van der Waals surface area contributed by atoms with Crippen LogP contribution >= 0.6 is 11.6 Å². The fraction of sp³-hybridized carbons (Fsp3) is 0. The minimum absolute atomic E-state index is 0.0193. The Balaban J connectivity index is 1.88. The van der Waals surface area contributed by atoms with E-state index in [0.717, 1.165) is 36.7 Å². The minimum atomic E-state index is -4.09. The molecule has 0 saturated carbocycles. The Kier molecular flexibility index (Phi) is 5.39. The fourth-order valence-electron chi connectivity index (χ4n) is 2.07. The van der Waals surface area contributed by atoms with E-state index in [1.807, 2.05) is 6.07 Å². The Bertz CT molecular complexity index is 1180. The Labute approximate surface area is 163 Å². The summed E-state index contributed by atoms with van der Waals surface area (Å²) in [5.74, 6) is -1.51. The molecule has 0 spiro atoms. The van der Waals surface area contributed by atoms with Crippen molar-refractivity contribution in [1.29, 1.82) is 5.26 Å². The van der Waals surface area contributed by atoms with Crippen molar-refractivity contribution in [2.45, 2.75) is 4.90 Å². The smallest absolute Gasteiger partial charge is 0.263 e. The first kappa shape index (κ1) is 19.5. The molecular weight excluding hydrogens is 414 g/mol. The van der Waals surface area contributed by atoms with Crippen molar-refractivity contribution in [3.63, 3.8) is 0 Å². The van der Waals surface area contributed by atoms with Crippen LogP contribution in [-0.4, -0.2) is 18.4 Å². The number of nitrogens with zero attached hydrogens (tertiary/aromatic N) is 3. The van der Waals surface area contributed by atoms with Crippen LogP contribution in [-0.2, 0) is 10.0 Å². The maximum absolute atomic E-state index is 13.1. The highest BCUT2D eigenvalue weighted by Crippen LogP contribution is 2.29. The molecule has 0 fully saturated rings. The standard InChI is InChI=1S/C17H9ClF2N4O3S/c18-14-6-12(9-23-17(14)20)27-15-3-2-13(5-10(15)7-21)28(25,26)24-16-4-1-11(19)8-22-16/h1-6,8-9H,(H,22,24). The lowest BCUT2D eigenvalue weighted by molar-refractivity contribution is 0.472. The van der Waals surface area contributed by atoms with Gasteiger partial charge < -0.3 is 4.74 Å². The van der Waals surface area contributed by atoms with Crippen molar-refractivity contribution in [1.82, 2.24) is 9.97 Å². The summed E-state index contributed by atoms with van der Waals surface area (Å²) in [6.45, 7) is 0. The average Bonchev–Trinajstić information content (AvgIpc) is 2.66. The van der Waals surface area contributed by atoms with Crippen LogP contribution in [0.25, 0.3) is 0 Å². The van der Waals surface area contributed by atoms with Gasteiger partial charge in [-0.05, 0) is 30.3 Å². The third-order valence-corrected chi connectivity index (χ3v) is 4.96. The molecule has 0 atom stereocenters. The molecule has 0 unspecified atom stereocenters. The molecule has 3 aromatic rings. The van der Waals surface area contributed by atoms with Crippen LogP contribution < -0.4 is 9.46 Å². The summed E-state index contributed by atoms with van der Waals surface area (Å²) in [5, 5.41) is 9.03. The topological polar surface area (TPSA) is 105 Å². The van der Waals surface area contributed by atoms with Gasteiger partial charge in [-0.25, -0.2) is 22.8 Å². The van der Waals surface area contributed by atoms with E-state index in [1.165, 1.54) is 12.1 Å². The maximum Gasteiger partial charge on any atom is 0.263 e. The number of nitriles is 1. The highest BCUT2D eigenvalue weighted by Gasteiger charge is 2.18. The van der Waals surface area contributed by atoms with Gasteiger partial charge in [-0.1, -0.05) is 11.6 Å². The quantitative estimate of drug-likeness (QED) is 0.626. The predicted octanol–water partition coefficient (Wildman–Crippen LogP) is 3.87. The number of ether oxygens (including phenoxy) is 1. The van der Waals surface area contributed by atoms with Gasteiger partial charge in [0.05, 0.1) is 27.9 Å². The first-order valence-electron chi connectivity index (χ1n) is 7.46. The summed E-state index contributed by atoms with van der Waals surface area (Å²) in [6.07, 6.45) is 1.92. The molecule has 142 valence electrons. The van der Waals surface area contributed by atoms with Gasteiger partial charge in [0.2, 0.25) is 5.95 Å². The summed E-state index contributed by atoms with van der Waals surface area (Å²) in [5.41, 5.74) is -0.101. The number of hydrogen-bond acceptors (Lipinski definition) is 6. The van der Waals surface area contributed by atoms with Crippen LogP contribution in [0, 0.1) is 23.1 Å². The molecule has 2 aromatic heterocycles. The molecule has 2 heterocycles. The molecule has 3 rings (SSSR count). The van der Waals surface area contributed by atoms with Gasteiger partial charge in [0, 0.05) is 6.07 Å². The van der Waals surface area contributed by atoms with Gasteiger partial charge in [-0.15, -0.1) is 0 Å². The third kappa shape index (κ3) is 4.33. The van der Waals surface area contributed by atoms with Gasteiger partial charge in [-0.3, -0.25) is 4.72 Å². The van der Waals surface area contributed by atoms with Crippen molar-refractivity contribution >= 4 is 27.4 Å². The molecule has 1 N–H and O–H groups in total. The highest BCUT2D eigenvalue weighted by atomic mass is 35.5. The van der Waals surface area contributed by atoms with Crippen molar-refractivity contribution in [2.24, 2.45) is 0 Å². The van der Waals surface area contributed by atoms with Crippen LogP contribution in [0.2, 0.25) is 5.02 Å². The van der Waals surface area contributed by atoms with E-state index >= 15 is 0 Å². The Morgan fingerprint density at radius 1 is 1.11 bits per heavy atom. The second kappa shape index (κ2) is 7.75. The number of halogens is 3. The lowest BCUT2D eigenvalue weighted by Crippen LogP contribution is -2.14. The summed E-state index contributed by atoms with van der Waals surface area (Å²) in [7, 11) is -4.09. The number of hydrogen-bond donors (Lipinski definition) is 1. The Hall–Kier alpha value is -3.29. The molecule has 0 aliphatic heterocycles. The van der Waals surface area contributed by atoms with Crippen LogP contribution in [0.15, 0.2) is 53.7 Å². The zero-order valence-corrected chi connectivity index (χ0v) is 15.3. The van der Waals surface area contributed by atoms with E-state index in [4.69, 9.17) is 16.3 Å². The number of aromatic nitrogens is 2. The number of rotatable bonds is 5. The summed E-state index contributed by atoms with van der Waals surface area (Å²) < 4.78 is 58.5. The van der Waals surface area contributed by atoms with Crippen molar-refractivity contribution < 1.29 is 21.9 Å². The Morgan fingerprint density at radius 3 is 2.54 bits per heavy atom. The van der Waals surface area contributed by atoms with Crippen molar-refractivity contribution in [2.75, 3.05) is 4.72 Å². The summed E-state index contributed by atoms with van der Waals surface area (Å²) in [6, 6.07) is 8.71. The molecular formula is C17H9ClF2N4O3S. The van der Waals surface area contributed by atoms with Crippen LogP contribution in [0.3, 0.4) is 0 Å². The molecule has 0 amide bonds. The molecule has 0 aliphatic rings. The highest BCUT2D eigenvalue weighted by molar-refractivity contribution is 7.92. The predicted molar refractivity (Wildman–Crippen MR) is 95.4 cm³/mol. The van der Waals surface area contributed by atoms with E-state index in [0.29, 0.717) is 0 Å². The first-order valence-corrected chi connectivity index (χ1v) is 9.32. The zero-order valence-electron chi connectivity index (χ0n) is 13.7. The second-order valence-corrected chi connectivity index (χ2v) is 7.37. The second-order valence-electron chi connectivity index (χ2n) is 5.28. The van der Waals surface area contributed by atoms with E-state index in [9.17, 15) is 22.5 Å². The van der Waals surface area contributed by atoms with E-state index in [1.54, 1.807) is 0 Å². The van der Waals surface area contributed by atoms with Crippen LogP contribution in [0.5, 0.6) is 11.5 Å². The van der Waals surface area contributed by atoms with Gasteiger partial charge in [0.25, 0.3) is 10.0 Å². The largest absolute Gasteiger partial charge is 0.454 e. The maximum atomic E-state index is 13.1. The van der Waals surface area contributed by atoms with Gasteiger partial charge in [0.1, 0.15) is 29.2 Å². The minimum Gasteiger partial charge on any atom is -0.454 e. The number of anilines is 1. The fourth-order valence-corrected chi connectivity index (χ4v) is 3.26. The molecule has 7 nitrogen and oxygen atoms in total. The van der Waals surface area contributed by atoms with E-state index < -0.39 is 21.8 Å². The molecule has 0 radical (unpaired) electrons. The van der Waals surface area contributed by atoms with Crippen molar-refractivity contribution in [3.8, 4) is 17.6 Å². The third-order valence-electron chi connectivity index (χ3n) is 3.35. The molecule has 11 heteroatoms. The first-order chi connectivity index (χ1) is 13.3. The molecule has 0 saturated heterocycles. The van der Waals surface area contributed by atoms with Crippen LogP contribution in [0.4, 0.5) is 14.6 Å². The Morgan fingerprint density at radius 2 is 1.89 bits per heavy atom. The van der Waals surface area contributed by atoms with Crippen molar-refractivity contribution in [3.05, 3.63) is 71.1 Å². The average molecular weight is 423 g/mol. The van der Waals surface area contributed by atoms with Gasteiger partial charge in [0.15, 0.2) is 0 Å². The number of benzene rings is 1. The molecule has 0 bridgehead atoms. The number of nitrogens with one attached hydrogen (secondary N) is 1. The number of sulfonamides is 1. The SMILES string of the molecule is N#Cc1cc(S(=O)(=O)Nc2ccc(F)cn2)ccc1Oc1cnc(F)c(Cl)c1. The summed E-state index contributed by atoms with van der Waals surface area (Å²) >= 11 is 5.63.